The molecule has 4 rings (SSSR count). The summed E-state index contributed by atoms with van der Waals surface area (Å²) in [5, 5.41) is 3.00. The smallest absolute Gasteiger partial charge is 0.317 e. The number of benzene rings is 2. The lowest BCUT2D eigenvalue weighted by atomic mass is 10.1. The Labute approximate surface area is 159 Å². The zero-order valence-electron chi connectivity index (χ0n) is 15.6. The highest BCUT2D eigenvalue weighted by molar-refractivity contribution is 5.74. The minimum atomic E-state index is -0.0114. The van der Waals surface area contributed by atoms with Gasteiger partial charge in [0, 0.05) is 39.3 Å². The minimum absolute atomic E-state index is 0.0114. The molecule has 1 saturated heterocycles. The van der Waals surface area contributed by atoms with E-state index < -0.39 is 0 Å². The van der Waals surface area contributed by atoms with Crippen LogP contribution in [0.4, 0.5) is 4.79 Å². The molecule has 27 heavy (non-hydrogen) atoms. The monoisotopic (exact) mass is 367 g/mol. The van der Waals surface area contributed by atoms with Crippen LogP contribution in [0, 0.1) is 6.92 Å². The Morgan fingerprint density at radius 3 is 2.44 bits per heavy atom. The number of fused-ring (bicyclic) bond motifs is 1. The van der Waals surface area contributed by atoms with Crippen LogP contribution >= 0.6 is 0 Å². The zero-order chi connectivity index (χ0) is 18.6. The molecule has 0 atom stereocenters. The number of carbonyl (C=O) groups excluding carboxylic acids is 1. The summed E-state index contributed by atoms with van der Waals surface area (Å²) in [6, 6.07) is 14.4. The van der Waals surface area contributed by atoms with E-state index in [4.69, 9.17) is 9.47 Å². The normalized spacial score (nSPS) is 16.4. The highest BCUT2D eigenvalue weighted by Crippen LogP contribution is 2.32. The molecule has 2 aromatic rings. The molecule has 6 nitrogen and oxygen atoms in total. The fraction of sp³-hybridized carbons (Fsp3) is 0.381. The summed E-state index contributed by atoms with van der Waals surface area (Å²) in [5.41, 5.74) is 3.61. The summed E-state index contributed by atoms with van der Waals surface area (Å²) in [6.45, 7) is 7.07. The van der Waals surface area contributed by atoms with Crippen molar-refractivity contribution < 1.29 is 14.3 Å². The summed E-state index contributed by atoms with van der Waals surface area (Å²) in [7, 11) is 0. The predicted octanol–water partition coefficient (Wildman–Crippen LogP) is 2.75. The van der Waals surface area contributed by atoms with Crippen LogP contribution in [0.15, 0.2) is 42.5 Å². The SMILES string of the molecule is Cc1ccc(CN2CCN(C(=O)NCc3ccc4c(c3)OCO4)CC2)cc1. The molecular formula is C21H25N3O3. The molecule has 0 radical (unpaired) electrons. The van der Waals surface area contributed by atoms with Crippen LogP contribution in [0.3, 0.4) is 0 Å². The molecule has 2 aliphatic heterocycles. The molecule has 1 fully saturated rings. The van der Waals surface area contributed by atoms with Gasteiger partial charge in [0.2, 0.25) is 6.79 Å². The van der Waals surface area contributed by atoms with Gasteiger partial charge >= 0.3 is 6.03 Å². The topological polar surface area (TPSA) is 54.0 Å². The Morgan fingerprint density at radius 1 is 0.963 bits per heavy atom. The van der Waals surface area contributed by atoms with Crippen LogP contribution < -0.4 is 14.8 Å². The molecule has 0 spiro atoms. The Kier molecular flexibility index (Phi) is 5.16. The average Bonchev–Trinajstić information content (AvgIpc) is 3.16. The minimum Gasteiger partial charge on any atom is -0.454 e. The molecule has 0 bridgehead atoms. The van der Waals surface area contributed by atoms with E-state index in [1.165, 1.54) is 11.1 Å². The summed E-state index contributed by atoms with van der Waals surface area (Å²) in [5.74, 6) is 1.50. The number of rotatable bonds is 4. The first-order valence-electron chi connectivity index (χ1n) is 9.36. The Bertz CT molecular complexity index is 799. The van der Waals surface area contributed by atoms with Crippen molar-refractivity contribution >= 4 is 6.03 Å². The van der Waals surface area contributed by atoms with Gasteiger partial charge in [-0.05, 0) is 30.2 Å². The number of hydrogen-bond acceptors (Lipinski definition) is 4. The van der Waals surface area contributed by atoms with E-state index >= 15 is 0 Å². The van der Waals surface area contributed by atoms with Crippen LogP contribution in [0.25, 0.3) is 0 Å². The van der Waals surface area contributed by atoms with Crippen LogP contribution in [0.1, 0.15) is 16.7 Å². The van der Waals surface area contributed by atoms with Crippen LogP contribution in [-0.4, -0.2) is 48.8 Å². The van der Waals surface area contributed by atoms with Crippen LogP contribution in [0.2, 0.25) is 0 Å². The van der Waals surface area contributed by atoms with E-state index in [-0.39, 0.29) is 12.8 Å². The second-order valence-electron chi connectivity index (χ2n) is 7.10. The summed E-state index contributed by atoms with van der Waals surface area (Å²) >= 11 is 0. The molecule has 6 heteroatoms. The molecule has 2 aromatic carbocycles. The van der Waals surface area contributed by atoms with E-state index in [0.717, 1.165) is 49.8 Å². The Morgan fingerprint density at radius 2 is 1.67 bits per heavy atom. The van der Waals surface area contributed by atoms with Crippen molar-refractivity contribution in [1.29, 1.82) is 0 Å². The van der Waals surface area contributed by atoms with Gasteiger partial charge in [0.15, 0.2) is 11.5 Å². The lowest BCUT2D eigenvalue weighted by Crippen LogP contribution is -2.51. The summed E-state index contributed by atoms with van der Waals surface area (Å²) in [6.07, 6.45) is 0. The van der Waals surface area contributed by atoms with Crippen molar-refractivity contribution in [1.82, 2.24) is 15.1 Å². The maximum Gasteiger partial charge on any atom is 0.317 e. The number of nitrogens with zero attached hydrogens (tertiary/aromatic N) is 2. The maximum atomic E-state index is 12.4. The summed E-state index contributed by atoms with van der Waals surface area (Å²) in [4.78, 5) is 16.7. The predicted molar refractivity (Wildman–Crippen MR) is 103 cm³/mol. The molecule has 0 aliphatic carbocycles. The van der Waals surface area contributed by atoms with Crippen molar-refractivity contribution in [3.63, 3.8) is 0 Å². The molecular weight excluding hydrogens is 342 g/mol. The van der Waals surface area contributed by atoms with Crippen molar-refractivity contribution in [3.8, 4) is 11.5 Å². The van der Waals surface area contributed by atoms with Gasteiger partial charge in [-0.2, -0.15) is 0 Å². The molecule has 0 saturated carbocycles. The average molecular weight is 367 g/mol. The number of nitrogens with one attached hydrogen (secondary N) is 1. The fourth-order valence-electron chi connectivity index (χ4n) is 3.40. The van der Waals surface area contributed by atoms with Crippen LogP contribution in [0.5, 0.6) is 11.5 Å². The highest BCUT2D eigenvalue weighted by Gasteiger charge is 2.21. The van der Waals surface area contributed by atoms with Crippen molar-refractivity contribution in [2.75, 3.05) is 33.0 Å². The molecule has 0 aromatic heterocycles. The third-order valence-electron chi connectivity index (χ3n) is 5.07. The number of hydrogen-bond donors (Lipinski definition) is 1. The number of carbonyl (C=O) groups is 1. The van der Waals surface area contributed by atoms with Gasteiger partial charge in [0.05, 0.1) is 0 Å². The van der Waals surface area contributed by atoms with Gasteiger partial charge in [0.1, 0.15) is 0 Å². The second-order valence-corrected chi connectivity index (χ2v) is 7.10. The second kappa shape index (κ2) is 7.88. The lowest BCUT2D eigenvalue weighted by molar-refractivity contribution is 0.135. The molecule has 2 heterocycles. The maximum absolute atomic E-state index is 12.4. The number of piperazine rings is 1. The van der Waals surface area contributed by atoms with Gasteiger partial charge in [-0.25, -0.2) is 4.79 Å². The zero-order valence-corrected chi connectivity index (χ0v) is 15.6. The third kappa shape index (κ3) is 4.34. The quantitative estimate of drug-likeness (QED) is 0.903. The molecule has 142 valence electrons. The van der Waals surface area contributed by atoms with E-state index in [0.29, 0.717) is 6.54 Å². The number of ether oxygens (including phenoxy) is 2. The van der Waals surface area contributed by atoms with Gasteiger partial charge in [0.25, 0.3) is 0 Å². The fourth-order valence-corrected chi connectivity index (χ4v) is 3.40. The molecule has 1 N–H and O–H groups in total. The Hall–Kier alpha value is -2.73. The first kappa shape index (κ1) is 17.7. The van der Waals surface area contributed by atoms with Crippen molar-refractivity contribution in [3.05, 3.63) is 59.2 Å². The largest absolute Gasteiger partial charge is 0.454 e. The van der Waals surface area contributed by atoms with Gasteiger partial charge in [-0.3, -0.25) is 4.90 Å². The number of amides is 2. The van der Waals surface area contributed by atoms with E-state index in [1.54, 1.807) is 0 Å². The van der Waals surface area contributed by atoms with E-state index in [1.807, 2.05) is 23.1 Å². The first-order valence-corrected chi connectivity index (χ1v) is 9.36. The number of urea groups is 1. The lowest BCUT2D eigenvalue weighted by Gasteiger charge is -2.34. The van der Waals surface area contributed by atoms with Crippen molar-refractivity contribution in [2.45, 2.75) is 20.0 Å². The molecule has 0 unspecified atom stereocenters. The highest BCUT2D eigenvalue weighted by atomic mass is 16.7. The van der Waals surface area contributed by atoms with Gasteiger partial charge in [-0.15, -0.1) is 0 Å². The third-order valence-corrected chi connectivity index (χ3v) is 5.07. The Balaban J connectivity index is 1.23. The first-order chi connectivity index (χ1) is 13.2. The van der Waals surface area contributed by atoms with Gasteiger partial charge < -0.3 is 19.7 Å². The molecule has 2 amide bonds. The van der Waals surface area contributed by atoms with Gasteiger partial charge in [-0.1, -0.05) is 35.9 Å². The summed E-state index contributed by atoms with van der Waals surface area (Å²) < 4.78 is 10.7. The standard InChI is InChI=1S/C21H25N3O3/c1-16-2-4-17(5-3-16)14-23-8-10-24(11-9-23)21(25)22-13-18-6-7-19-20(12-18)27-15-26-19/h2-7,12H,8-11,13-15H2,1H3,(H,22,25). The van der Waals surface area contributed by atoms with Crippen LogP contribution in [-0.2, 0) is 13.1 Å². The van der Waals surface area contributed by atoms with Crippen molar-refractivity contribution in [2.24, 2.45) is 0 Å². The number of aryl methyl sites for hydroxylation is 1. The van der Waals surface area contributed by atoms with E-state index in [2.05, 4.69) is 41.4 Å². The van der Waals surface area contributed by atoms with E-state index in [9.17, 15) is 4.79 Å². The molecule has 2 aliphatic rings.